The quantitative estimate of drug-likeness (QED) is 0.854. The molecule has 4 heteroatoms. The lowest BCUT2D eigenvalue weighted by atomic mass is 10.2. The van der Waals surface area contributed by atoms with Crippen LogP contribution in [0.1, 0.15) is 5.56 Å². The summed E-state index contributed by atoms with van der Waals surface area (Å²) in [6, 6.07) is 13.3. The molecular formula is C14H14Cl2N2. The van der Waals surface area contributed by atoms with E-state index in [2.05, 4.69) is 0 Å². The van der Waals surface area contributed by atoms with Crippen LogP contribution in [0.5, 0.6) is 0 Å². The average Bonchev–Trinajstić information content (AvgIpc) is 2.32. The number of hydrogen-bond donors (Lipinski definition) is 1. The second-order valence-corrected chi connectivity index (χ2v) is 4.97. The van der Waals surface area contributed by atoms with Gasteiger partial charge in [-0.25, -0.2) is 0 Å². The van der Waals surface area contributed by atoms with Crippen molar-refractivity contribution in [2.24, 2.45) is 0 Å². The van der Waals surface area contributed by atoms with E-state index in [1.54, 1.807) is 6.07 Å². The van der Waals surface area contributed by atoms with Gasteiger partial charge in [-0.3, -0.25) is 0 Å². The molecule has 2 N–H and O–H groups in total. The lowest BCUT2D eigenvalue weighted by Gasteiger charge is -2.21. The number of benzene rings is 2. The highest BCUT2D eigenvalue weighted by molar-refractivity contribution is 6.33. The summed E-state index contributed by atoms with van der Waals surface area (Å²) in [7, 11) is 1.97. The normalized spacial score (nSPS) is 10.4. The predicted molar refractivity (Wildman–Crippen MR) is 79.4 cm³/mol. The Morgan fingerprint density at radius 2 is 1.78 bits per heavy atom. The largest absolute Gasteiger partial charge is 0.399 e. The number of nitrogens with two attached hydrogens (primary N) is 1. The van der Waals surface area contributed by atoms with Crippen molar-refractivity contribution in [2.45, 2.75) is 6.54 Å². The Hall–Kier alpha value is -1.38. The Labute approximate surface area is 117 Å². The topological polar surface area (TPSA) is 29.3 Å². The number of anilines is 2. The van der Waals surface area contributed by atoms with Crippen LogP contribution in [0.4, 0.5) is 11.4 Å². The van der Waals surface area contributed by atoms with Crippen LogP contribution in [-0.4, -0.2) is 7.05 Å². The molecule has 0 bridgehead atoms. The molecule has 2 nitrogen and oxygen atoms in total. The molecule has 0 fully saturated rings. The van der Waals surface area contributed by atoms with E-state index in [-0.39, 0.29) is 0 Å². The summed E-state index contributed by atoms with van der Waals surface area (Å²) < 4.78 is 0. The Kier molecular flexibility index (Phi) is 4.00. The van der Waals surface area contributed by atoms with Gasteiger partial charge in [0.25, 0.3) is 0 Å². The molecule has 2 rings (SSSR count). The van der Waals surface area contributed by atoms with E-state index in [1.807, 2.05) is 48.3 Å². The highest BCUT2D eigenvalue weighted by Gasteiger charge is 2.08. The lowest BCUT2D eigenvalue weighted by molar-refractivity contribution is 0.924. The summed E-state index contributed by atoms with van der Waals surface area (Å²) >= 11 is 12.3. The van der Waals surface area contributed by atoms with Gasteiger partial charge in [0.15, 0.2) is 0 Å². The molecule has 0 atom stereocenters. The highest BCUT2D eigenvalue weighted by atomic mass is 35.5. The predicted octanol–water partition coefficient (Wildman–Crippen LogP) is 4.21. The van der Waals surface area contributed by atoms with E-state index in [0.717, 1.165) is 16.3 Å². The minimum absolute atomic E-state index is 0.643. The molecule has 0 unspecified atom stereocenters. The highest BCUT2D eigenvalue weighted by Crippen LogP contribution is 2.28. The molecule has 0 spiro atoms. The van der Waals surface area contributed by atoms with Gasteiger partial charge in [-0.05, 0) is 29.8 Å². The van der Waals surface area contributed by atoms with Gasteiger partial charge >= 0.3 is 0 Å². The van der Waals surface area contributed by atoms with Crippen molar-refractivity contribution < 1.29 is 0 Å². The fourth-order valence-electron chi connectivity index (χ4n) is 1.80. The molecule has 0 heterocycles. The molecule has 0 aromatic heterocycles. The molecule has 18 heavy (non-hydrogen) atoms. The molecule has 0 radical (unpaired) electrons. The summed E-state index contributed by atoms with van der Waals surface area (Å²) in [6.45, 7) is 0.698. The van der Waals surface area contributed by atoms with Crippen molar-refractivity contribution in [1.29, 1.82) is 0 Å². The fourth-order valence-corrected chi connectivity index (χ4v) is 2.33. The first-order valence-electron chi connectivity index (χ1n) is 5.57. The van der Waals surface area contributed by atoms with Crippen molar-refractivity contribution in [3.05, 3.63) is 58.1 Å². The SMILES string of the molecule is CN(Cc1ccccc1Cl)c1ccc(N)cc1Cl. The van der Waals surface area contributed by atoms with E-state index in [0.29, 0.717) is 17.3 Å². The lowest BCUT2D eigenvalue weighted by Crippen LogP contribution is -2.17. The third-order valence-corrected chi connectivity index (χ3v) is 3.42. The fraction of sp³-hybridized carbons (Fsp3) is 0.143. The minimum Gasteiger partial charge on any atom is -0.399 e. The molecule has 2 aromatic rings. The second kappa shape index (κ2) is 5.51. The van der Waals surface area contributed by atoms with Gasteiger partial charge < -0.3 is 10.6 Å². The third kappa shape index (κ3) is 2.89. The molecule has 94 valence electrons. The Balaban J connectivity index is 2.22. The average molecular weight is 281 g/mol. The Bertz CT molecular complexity index is 555. The van der Waals surface area contributed by atoms with Crippen molar-refractivity contribution in [2.75, 3.05) is 17.7 Å². The van der Waals surface area contributed by atoms with Crippen LogP contribution in [0.25, 0.3) is 0 Å². The van der Waals surface area contributed by atoms with Gasteiger partial charge in [0.05, 0.1) is 10.7 Å². The first kappa shape index (κ1) is 13.1. The Morgan fingerprint density at radius 3 is 2.44 bits per heavy atom. The molecule has 0 saturated carbocycles. The summed E-state index contributed by atoms with van der Waals surface area (Å²) in [4.78, 5) is 2.04. The number of rotatable bonds is 3. The zero-order valence-corrected chi connectivity index (χ0v) is 11.5. The smallest absolute Gasteiger partial charge is 0.0660 e. The summed E-state index contributed by atoms with van der Waals surface area (Å²) in [5.74, 6) is 0. The van der Waals surface area contributed by atoms with Crippen molar-refractivity contribution in [1.82, 2.24) is 0 Å². The maximum atomic E-state index is 6.18. The molecule has 0 saturated heterocycles. The van der Waals surface area contributed by atoms with Gasteiger partial charge in [0, 0.05) is 24.3 Å². The van der Waals surface area contributed by atoms with Crippen LogP contribution in [0.2, 0.25) is 10.0 Å². The molecule has 0 aliphatic heterocycles. The van der Waals surface area contributed by atoms with Crippen LogP contribution in [0.15, 0.2) is 42.5 Å². The van der Waals surface area contributed by atoms with E-state index in [9.17, 15) is 0 Å². The van der Waals surface area contributed by atoms with Gasteiger partial charge in [-0.2, -0.15) is 0 Å². The van der Waals surface area contributed by atoms with Crippen LogP contribution in [-0.2, 0) is 6.54 Å². The van der Waals surface area contributed by atoms with Gasteiger partial charge in [-0.1, -0.05) is 41.4 Å². The van der Waals surface area contributed by atoms with Gasteiger partial charge in [-0.15, -0.1) is 0 Å². The number of nitrogen functional groups attached to an aromatic ring is 1. The molecular weight excluding hydrogens is 267 g/mol. The number of hydrogen-bond acceptors (Lipinski definition) is 2. The van der Waals surface area contributed by atoms with E-state index in [4.69, 9.17) is 28.9 Å². The van der Waals surface area contributed by atoms with Crippen LogP contribution < -0.4 is 10.6 Å². The minimum atomic E-state index is 0.643. The summed E-state index contributed by atoms with van der Waals surface area (Å²) in [5, 5.41) is 1.40. The summed E-state index contributed by atoms with van der Waals surface area (Å²) in [6.07, 6.45) is 0. The van der Waals surface area contributed by atoms with Crippen molar-refractivity contribution in [3.63, 3.8) is 0 Å². The zero-order valence-electron chi connectivity index (χ0n) is 10.0. The maximum Gasteiger partial charge on any atom is 0.0660 e. The van der Waals surface area contributed by atoms with Crippen LogP contribution in [0.3, 0.4) is 0 Å². The van der Waals surface area contributed by atoms with Crippen LogP contribution >= 0.6 is 23.2 Å². The van der Waals surface area contributed by atoms with E-state index >= 15 is 0 Å². The van der Waals surface area contributed by atoms with E-state index in [1.165, 1.54) is 0 Å². The second-order valence-electron chi connectivity index (χ2n) is 4.16. The molecule has 0 amide bonds. The van der Waals surface area contributed by atoms with Crippen LogP contribution in [0, 0.1) is 0 Å². The molecule has 2 aromatic carbocycles. The molecule has 0 aliphatic rings. The van der Waals surface area contributed by atoms with Gasteiger partial charge in [0.1, 0.15) is 0 Å². The monoisotopic (exact) mass is 280 g/mol. The first-order chi connectivity index (χ1) is 8.58. The number of nitrogens with zero attached hydrogens (tertiary/aromatic N) is 1. The molecule has 0 aliphatic carbocycles. The van der Waals surface area contributed by atoms with Crippen molar-refractivity contribution in [3.8, 4) is 0 Å². The summed E-state index contributed by atoms with van der Waals surface area (Å²) in [5.41, 5.74) is 8.34. The standard InChI is InChI=1S/C14H14Cl2N2/c1-18(9-10-4-2-3-5-12(10)15)14-7-6-11(17)8-13(14)16/h2-8H,9,17H2,1H3. The van der Waals surface area contributed by atoms with Gasteiger partial charge in [0.2, 0.25) is 0 Å². The maximum absolute atomic E-state index is 6.18. The third-order valence-electron chi connectivity index (χ3n) is 2.75. The first-order valence-corrected chi connectivity index (χ1v) is 6.33. The van der Waals surface area contributed by atoms with Crippen molar-refractivity contribution >= 4 is 34.6 Å². The zero-order chi connectivity index (χ0) is 13.1. The Morgan fingerprint density at radius 1 is 1.06 bits per heavy atom. The van der Waals surface area contributed by atoms with E-state index < -0.39 is 0 Å². The number of halogens is 2.